The first-order valence-electron chi connectivity index (χ1n) is 12.1. The first-order chi connectivity index (χ1) is 18.4. The average molecular weight is 570 g/mol. The van der Waals surface area contributed by atoms with Crippen LogP contribution >= 0.6 is 0 Å². The lowest BCUT2D eigenvalue weighted by atomic mass is 9.82. The number of nitrogens with one attached hydrogen (secondary N) is 1. The van der Waals surface area contributed by atoms with Crippen LogP contribution < -0.4 is 5.32 Å². The van der Waals surface area contributed by atoms with Gasteiger partial charge < -0.3 is 5.32 Å². The number of hydrogen-bond acceptors (Lipinski definition) is 9. The fraction of sp³-hybridized carbons (Fsp3) is 0.231. The summed E-state index contributed by atoms with van der Waals surface area (Å²) in [7, 11) is -9.55. The van der Waals surface area contributed by atoms with Gasteiger partial charge in [-0.25, -0.2) is 0 Å². The molecule has 0 bridgehead atoms. The number of rotatable bonds is 6. The molecule has 0 atom stereocenters. The minimum atomic E-state index is -4.98. The van der Waals surface area contributed by atoms with Gasteiger partial charge in [-0.15, -0.1) is 5.11 Å². The van der Waals surface area contributed by atoms with E-state index in [9.17, 15) is 35.5 Å². The van der Waals surface area contributed by atoms with Crippen LogP contribution in [0.1, 0.15) is 63.9 Å². The molecular formula is C26H23N3O8S2. The van der Waals surface area contributed by atoms with E-state index in [4.69, 9.17) is 0 Å². The molecule has 1 saturated carbocycles. The molecule has 3 aromatic carbocycles. The third-order valence-electron chi connectivity index (χ3n) is 6.76. The summed E-state index contributed by atoms with van der Waals surface area (Å²) in [6, 6.07) is 11.8. The van der Waals surface area contributed by atoms with Crippen LogP contribution in [-0.2, 0) is 20.2 Å². The van der Waals surface area contributed by atoms with E-state index >= 15 is 0 Å². The van der Waals surface area contributed by atoms with Crippen molar-refractivity contribution >= 4 is 48.9 Å². The summed E-state index contributed by atoms with van der Waals surface area (Å²) < 4.78 is 67.6. The predicted octanol–water partition coefficient (Wildman–Crippen LogP) is 5.12. The molecule has 11 nitrogen and oxygen atoms in total. The SMILES string of the molecule is O=C1c2ccccc2C(=O)c2c(N=Nc3cccc(S(=O)(=O)O)c3)c(S(=O)(=O)O)cc(NC3CCCCC3)c21. The van der Waals surface area contributed by atoms with Crippen LogP contribution in [0.3, 0.4) is 0 Å². The topological polar surface area (TPSA) is 180 Å². The lowest BCUT2D eigenvalue weighted by Crippen LogP contribution is -2.27. The number of nitrogens with zero attached hydrogens (tertiary/aromatic N) is 2. The Labute approximate surface area is 224 Å². The minimum absolute atomic E-state index is 0.0379. The second kappa shape index (κ2) is 10.1. The molecule has 1 fully saturated rings. The Hall–Kier alpha value is -3.78. The maximum Gasteiger partial charge on any atom is 0.296 e. The summed E-state index contributed by atoms with van der Waals surface area (Å²) in [5.74, 6) is -1.21. The molecule has 0 aromatic heterocycles. The smallest absolute Gasteiger partial charge is 0.296 e. The number of azo groups is 1. The van der Waals surface area contributed by atoms with Crippen molar-refractivity contribution in [3.05, 3.63) is 76.9 Å². The standard InChI is InChI=1S/C26H23N3O8S2/c30-25-18-11-4-5-12-19(18)26(31)23-22(25)20(27-15-7-2-1-3-8-15)14-21(39(35,36)37)24(23)29-28-16-9-6-10-17(13-16)38(32,33)34/h4-6,9-15,27H,1-3,7-8H2,(H,32,33,34)(H,35,36,37). The number of carbonyl (C=O) groups excluding carboxylic acids is 2. The van der Waals surface area contributed by atoms with Crippen LogP contribution in [0.5, 0.6) is 0 Å². The molecule has 0 aliphatic heterocycles. The molecule has 0 radical (unpaired) electrons. The van der Waals surface area contributed by atoms with Crippen LogP contribution in [0.4, 0.5) is 17.1 Å². The van der Waals surface area contributed by atoms with Crippen LogP contribution in [-0.4, -0.2) is 43.5 Å². The van der Waals surface area contributed by atoms with E-state index in [0.29, 0.717) is 0 Å². The molecule has 5 rings (SSSR count). The van der Waals surface area contributed by atoms with Gasteiger partial charge in [-0.1, -0.05) is 49.6 Å². The second-order valence-corrected chi connectivity index (χ2v) is 12.2. The number of carbonyl (C=O) groups is 2. The quantitative estimate of drug-likeness (QED) is 0.210. The number of ketones is 2. The Balaban J connectivity index is 1.75. The van der Waals surface area contributed by atoms with Crippen molar-refractivity contribution in [1.29, 1.82) is 0 Å². The second-order valence-electron chi connectivity index (χ2n) is 9.35. The van der Waals surface area contributed by atoms with Crippen molar-refractivity contribution in [3.63, 3.8) is 0 Å². The lowest BCUT2D eigenvalue weighted by molar-refractivity contribution is 0.0980. The fourth-order valence-corrected chi connectivity index (χ4v) is 6.12. The molecule has 202 valence electrons. The highest BCUT2D eigenvalue weighted by molar-refractivity contribution is 7.86. The molecule has 2 aliphatic rings. The normalized spacial score (nSPS) is 16.3. The fourth-order valence-electron chi connectivity index (χ4n) is 4.94. The van der Waals surface area contributed by atoms with Gasteiger partial charge in [0.05, 0.1) is 21.7 Å². The van der Waals surface area contributed by atoms with E-state index in [1.165, 1.54) is 24.3 Å². The van der Waals surface area contributed by atoms with E-state index in [1.807, 2.05) is 0 Å². The van der Waals surface area contributed by atoms with Crippen molar-refractivity contribution in [2.75, 3.05) is 5.32 Å². The Bertz CT molecular complexity index is 1760. The highest BCUT2D eigenvalue weighted by Gasteiger charge is 2.38. The number of fused-ring (bicyclic) bond motifs is 2. The Morgan fingerprint density at radius 1 is 0.744 bits per heavy atom. The van der Waals surface area contributed by atoms with E-state index in [-0.39, 0.29) is 39.7 Å². The molecule has 0 unspecified atom stereocenters. The van der Waals surface area contributed by atoms with Crippen LogP contribution in [0.15, 0.2) is 74.6 Å². The van der Waals surface area contributed by atoms with Gasteiger partial charge in [0.2, 0.25) is 0 Å². The first kappa shape index (κ1) is 26.8. The number of hydrogen-bond donors (Lipinski definition) is 3. The molecule has 2 aliphatic carbocycles. The molecule has 0 heterocycles. The summed E-state index contributed by atoms with van der Waals surface area (Å²) in [5, 5.41) is 11.0. The van der Waals surface area contributed by atoms with Crippen LogP contribution in [0, 0.1) is 0 Å². The third-order valence-corrected chi connectivity index (χ3v) is 8.48. The maximum atomic E-state index is 13.7. The summed E-state index contributed by atoms with van der Waals surface area (Å²) in [6.45, 7) is 0. The van der Waals surface area contributed by atoms with Crippen LogP contribution in [0.2, 0.25) is 0 Å². The van der Waals surface area contributed by atoms with Crippen molar-refractivity contribution in [3.8, 4) is 0 Å². The monoisotopic (exact) mass is 569 g/mol. The summed E-state index contributed by atoms with van der Waals surface area (Å²) >= 11 is 0. The lowest BCUT2D eigenvalue weighted by Gasteiger charge is -2.28. The summed E-state index contributed by atoms with van der Waals surface area (Å²) in [6.07, 6.45) is 4.49. The molecular weight excluding hydrogens is 546 g/mol. The largest absolute Gasteiger partial charge is 0.382 e. The van der Waals surface area contributed by atoms with E-state index in [1.54, 1.807) is 12.1 Å². The Morgan fingerprint density at radius 3 is 2.00 bits per heavy atom. The molecule has 0 amide bonds. The van der Waals surface area contributed by atoms with Crippen LogP contribution in [0.25, 0.3) is 0 Å². The third kappa shape index (κ3) is 5.26. The summed E-state index contributed by atoms with van der Waals surface area (Å²) in [4.78, 5) is 26.2. The van der Waals surface area contributed by atoms with Crippen molar-refractivity contribution in [2.24, 2.45) is 10.2 Å². The van der Waals surface area contributed by atoms with Gasteiger partial charge >= 0.3 is 0 Å². The van der Waals surface area contributed by atoms with Gasteiger partial charge in [0, 0.05) is 22.9 Å². The van der Waals surface area contributed by atoms with Gasteiger partial charge in [-0.05, 0) is 37.1 Å². The zero-order valence-electron chi connectivity index (χ0n) is 20.4. The molecule has 3 aromatic rings. The van der Waals surface area contributed by atoms with E-state index in [2.05, 4.69) is 15.5 Å². The molecule has 39 heavy (non-hydrogen) atoms. The molecule has 0 spiro atoms. The van der Waals surface area contributed by atoms with E-state index in [0.717, 1.165) is 50.3 Å². The Kier molecular flexibility index (Phi) is 6.93. The van der Waals surface area contributed by atoms with Gasteiger partial charge in [0.15, 0.2) is 11.6 Å². The minimum Gasteiger partial charge on any atom is -0.382 e. The Morgan fingerprint density at radius 2 is 1.38 bits per heavy atom. The van der Waals surface area contributed by atoms with Crippen molar-refractivity contribution in [1.82, 2.24) is 0 Å². The maximum absolute atomic E-state index is 13.7. The zero-order chi connectivity index (χ0) is 27.9. The van der Waals surface area contributed by atoms with Crippen molar-refractivity contribution in [2.45, 2.75) is 47.9 Å². The molecule has 0 saturated heterocycles. The zero-order valence-corrected chi connectivity index (χ0v) is 22.0. The van der Waals surface area contributed by atoms with Gasteiger partial charge in [0.25, 0.3) is 20.2 Å². The van der Waals surface area contributed by atoms with Gasteiger partial charge in [-0.3, -0.25) is 18.7 Å². The first-order valence-corrected chi connectivity index (χ1v) is 15.0. The van der Waals surface area contributed by atoms with E-state index < -0.39 is 47.3 Å². The highest BCUT2D eigenvalue weighted by atomic mass is 32.2. The predicted molar refractivity (Wildman–Crippen MR) is 140 cm³/mol. The van der Waals surface area contributed by atoms with Crippen molar-refractivity contribution < 1.29 is 35.5 Å². The van der Waals surface area contributed by atoms with Gasteiger partial charge in [0.1, 0.15) is 10.6 Å². The number of anilines is 1. The average Bonchev–Trinajstić information content (AvgIpc) is 2.90. The molecule has 3 N–H and O–H groups in total. The highest BCUT2D eigenvalue weighted by Crippen LogP contribution is 2.43. The molecule has 13 heteroatoms. The number of benzene rings is 3. The summed E-state index contributed by atoms with van der Waals surface area (Å²) in [5.41, 5.74) is -0.823. The van der Waals surface area contributed by atoms with Gasteiger partial charge in [-0.2, -0.15) is 21.9 Å².